The zero-order valence-electron chi connectivity index (χ0n) is 27.2. The number of anilines is 1. The van der Waals surface area contributed by atoms with Gasteiger partial charge in [0.15, 0.2) is 5.13 Å². The molecule has 0 saturated carbocycles. The predicted molar refractivity (Wildman–Crippen MR) is 174 cm³/mol. The number of likely N-dealkylation sites (tertiary alicyclic amines) is 1. The van der Waals surface area contributed by atoms with E-state index in [-0.39, 0.29) is 29.7 Å². The van der Waals surface area contributed by atoms with Crippen LogP contribution in [0.15, 0.2) is 21.0 Å². The quantitative estimate of drug-likeness (QED) is 0.175. The van der Waals surface area contributed by atoms with E-state index in [4.69, 9.17) is 18.6 Å². The van der Waals surface area contributed by atoms with Gasteiger partial charge in [0, 0.05) is 24.4 Å². The second-order valence-corrected chi connectivity index (χ2v) is 15.0. The topological polar surface area (TPSA) is 157 Å². The Labute approximate surface area is 273 Å². The first-order valence-corrected chi connectivity index (χ1v) is 17.0. The van der Waals surface area contributed by atoms with Crippen molar-refractivity contribution >= 4 is 46.1 Å². The first-order valence-electron chi connectivity index (χ1n) is 15.2. The highest BCUT2D eigenvalue weighted by molar-refractivity contribution is 8.00. The molecule has 0 spiro atoms. The SMILES string of the molecule is CC(C)(C)OC(=O)NCCOCCOCCNC(=O)CN1CCC(C(=O)Nc2ncc(SCc3ncc(C(C)(C)C)o3)s2)CC1. The molecule has 1 fully saturated rings. The van der Waals surface area contributed by atoms with E-state index >= 15 is 0 Å². The summed E-state index contributed by atoms with van der Waals surface area (Å²) in [5, 5.41) is 9.02. The molecule has 0 aliphatic carbocycles. The summed E-state index contributed by atoms with van der Waals surface area (Å²) in [6, 6.07) is 0. The molecule has 252 valence electrons. The number of carbonyl (C=O) groups is 3. The number of piperidine rings is 1. The Balaban J connectivity index is 1.20. The summed E-state index contributed by atoms with van der Waals surface area (Å²) in [6.45, 7) is 15.6. The third kappa shape index (κ3) is 14.5. The molecule has 3 heterocycles. The lowest BCUT2D eigenvalue weighted by Crippen LogP contribution is -2.44. The normalized spacial score (nSPS) is 14.7. The van der Waals surface area contributed by atoms with E-state index in [0.717, 1.165) is 9.97 Å². The molecule has 3 rings (SSSR count). The maximum absolute atomic E-state index is 12.8. The Hall–Kier alpha value is -2.72. The van der Waals surface area contributed by atoms with E-state index in [1.807, 2.05) is 0 Å². The summed E-state index contributed by atoms with van der Waals surface area (Å²) in [5.74, 6) is 1.90. The minimum Gasteiger partial charge on any atom is -0.444 e. The number of hydrogen-bond donors (Lipinski definition) is 3. The van der Waals surface area contributed by atoms with Crippen LogP contribution in [-0.4, -0.2) is 97.5 Å². The van der Waals surface area contributed by atoms with Crippen LogP contribution in [0, 0.1) is 5.92 Å². The van der Waals surface area contributed by atoms with Crippen LogP contribution in [0.25, 0.3) is 0 Å². The van der Waals surface area contributed by atoms with Crippen molar-refractivity contribution in [1.82, 2.24) is 25.5 Å². The Bertz CT molecular complexity index is 1220. The summed E-state index contributed by atoms with van der Waals surface area (Å²) < 4.78 is 22.9. The van der Waals surface area contributed by atoms with Crippen LogP contribution in [-0.2, 0) is 35.0 Å². The van der Waals surface area contributed by atoms with E-state index in [1.165, 1.54) is 11.3 Å². The van der Waals surface area contributed by atoms with Crippen molar-refractivity contribution in [2.24, 2.45) is 5.92 Å². The number of thioether (sulfide) groups is 1. The van der Waals surface area contributed by atoms with Crippen molar-refractivity contribution < 1.29 is 33.0 Å². The number of amides is 3. The van der Waals surface area contributed by atoms with Gasteiger partial charge in [-0.3, -0.25) is 14.5 Å². The summed E-state index contributed by atoms with van der Waals surface area (Å²) in [4.78, 5) is 47.5. The Morgan fingerprint density at radius 1 is 0.978 bits per heavy atom. The number of thiazole rings is 1. The lowest BCUT2D eigenvalue weighted by atomic mass is 9.94. The van der Waals surface area contributed by atoms with Gasteiger partial charge in [-0.1, -0.05) is 32.1 Å². The molecule has 0 atom stereocenters. The van der Waals surface area contributed by atoms with Crippen molar-refractivity contribution in [3.8, 4) is 0 Å². The molecular formula is C30H48N6O7S2. The molecule has 1 aliphatic heterocycles. The molecule has 2 aromatic rings. The molecule has 0 aromatic carbocycles. The van der Waals surface area contributed by atoms with E-state index in [1.54, 1.807) is 44.9 Å². The van der Waals surface area contributed by atoms with E-state index in [2.05, 4.69) is 51.6 Å². The maximum Gasteiger partial charge on any atom is 0.407 e. The largest absolute Gasteiger partial charge is 0.444 e. The van der Waals surface area contributed by atoms with Crippen LogP contribution in [0.5, 0.6) is 0 Å². The second kappa shape index (κ2) is 17.8. The predicted octanol–water partition coefficient (Wildman–Crippen LogP) is 4.05. The highest BCUT2D eigenvalue weighted by Gasteiger charge is 2.26. The first kappa shape index (κ1) is 36.7. The van der Waals surface area contributed by atoms with E-state index < -0.39 is 11.7 Å². The van der Waals surface area contributed by atoms with E-state index in [0.29, 0.717) is 82.2 Å². The number of rotatable bonds is 16. The lowest BCUT2D eigenvalue weighted by Gasteiger charge is -2.30. The van der Waals surface area contributed by atoms with Gasteiger partial charge in [0.2, 0.25) is 17.7 Å². The Kier molecular flexibility index (Phi) is 14.6. The van der Waals surface area contributed by atoms with Crippen LogP contribution in [0.3, 0.4) is 0 Å². The van der Waals surface area contributed by atoms with Crippen molar-refractivity contribution in [3.63, 3.8) is 0 Å². The summed E-state index contributed by atoms with van der Waals surface area (Å²) in [7, 11) is 0. The maximum atomic E-state index is 12.8. The van der Waals surface area contributed by atoms with Crippen LogP contribution in [0.2, 0.25) is 0 Å². The first-order chi connectivity index (χ1) is 21.3. The summed E-state index contributed by atoms with van der Waals surface area (Å²) in [5.41, 5.74) is -0.616. The molecule has 0 bridgehead atoms. The molecule has 15 heteroatoms. The zero-order valence-corrected chi connectivity index (χ0v) is 28.9. The Morgan fingerprint density at radius 3 is 2.27 bits per heavy atom. The zero-order chi connectivity index (χ0) is 32.9. The number of aromatic nitrogens is 2. The standard InChI is InChI=1S/C30H48N6O7S2/c1-29(2,3)22-17-33-24(42-22)20-44-25-18-34-27(45-25)35-26(38)21-7-11-36(12-8-21)19-23(37)31-9-13-40-15-16-41-14-10-32-28(39)43-30(4,5)6/h17-18,21H,7-16,19-20H2,1-6H3,(H,31,37)(H,32,39)(H,34,35,38). The fraction of sp³-hybridized carbons (Fsp3) is 0.700. The number of nitrogens with zero attached hydrogens (tertiary/aromatic N) is 3. The summed E-state index contributed by atoms with van der Waals surface area (Å²) in [6.07, 6.45) is 4.43. The van der Waals surface area contributed by atoms with Crippen LogP contribution >= 0.6 is 23.1 Å². The number of nitrogens with one attached hydrogen (secondary N) is 3. The minimum atomic E-state index is -0.532. The van der Waals surface area contributed by atoms with Gasteiger partial charge in [-0.2, -0.15) is 0 Å². The molecule has 0 radical (unpaired) electrons. The smallest absolute Gasteiger partial charge is 0.407 e. The highest BCUT2D eigenvalue weighted by atomic mass is 32.2. The lowest BCUT2D eigenvalue weighted by molar-refractivity contribution is -0.123. The second-order valence-electron chi connectivity index (χ2n) is 12.7. The fourth-order valence-electron chi connectivity index (χ4n) is 4.18. The monoisotopic (exact) mass is 668 g/mol. The van der Waals surface area contributed by atoms with Crippen LogP contribution < -0.4 is 16.0 Å². The van der Waals surface area contributed by atoms with Crippen molar-refractivity contribution in [2.75, 3.05) is 64.5 Å². The molecule has 0 unspecified atom stereocenters. The number of alkyl carbamates (subject to hydrolysis) is 1. The average molecular weight is 669 g/mol. The van der Waals surface area contributed by atoms with Gasteiger partial charge in [0.25, 0.3) is 0 Å². The molecule has 3 N–H and O–H groups in total. The van der Waals surface area contributed by atoms with E-state index in [9.17, 15) is 14.4 Å². The Morgan fingerprint density at radius 2 is 1.64 bits per heavy atom. The van der Waals surface area contributed by atoms with Crippen molar-refractivity contribution in [1.29, 1.82) is 0 Å². The van der Waals surface area contributed by atoms with Gasteiger partial charge >= 0.3 is 6.09 Å². The summed E-state index contributed by atoms with van der Waals surface area (Å²) >= 11 is 3.01. The molecule has 13 nitrogen and oxygen atoms in total. The number of carbonyl (C=O) groups excluding carboxylic acids is 3. The van der Waals surface area contributed by atoms with Gasteiger partial charge < -0.3 is 34.6 Å². The van der Waals surface area contributed by atoms with Gasteiger partial charge in [0.1, 0.15) is 11.4 Å². The third-order valence-electron chi connectivity index (χ3n) is 6.53. The molecular weight excluding hydrogens is 620 g/mol. The number of ether oxygens (including phenoxy) is 3. The highest BCUT2D eigenvalue weighted by Crippen LogP contribution is 2.32. The van der Waals surface area contributed by atoms with Crippen LogP contribution in [0.1, 0.15) is 66.0 Å². The number of hydrogen-bond acceptors (Lipinski definition) is 12. The van der Waals surface area contributed by atoms with Crippen LogP contribution in [0.4, 0.5) is 9.93 Å². The minimum absolute atomic E-state index is 0.0343. The molecule has 45 heavy (non-hydrogen) atoms. The van der Waals surface area contributed by atoms with Gasteiger partial charge in [0.05, 0.1) is 55.3 Å². The van der Waals surface area contributed by atoms with Crippen molar-refractivity contribution in [2.45, 2.75) is 75.4 Å². The average Bonchev–Trinajstić information content (AvgIpc) is 3.62. The van der Waals surface area contributed by atoms with Gasteiger partial charge in [-0.05, 0) is 46.7 Å². The van der Waals surface area contributed by atoms with Gasteiger partial charge in [-0.25, -0.2) is 14.8 Å². The fourth-order valence-corrected chi connectivity index (χ4v) is 5.91. The molecule has 1 aliphatic rings. The third-order valence-corrected chi connectivity index (χ3v) is 8.62. The molecule has 1 saturated heterocycles. The van der Waals surface area contributed by atoms with Crippen molar-refractivity contribution in [3.05, 3.63) is 24.0 Å². The van der Waals surface area contributed by atoms with Gasteiger partial charge in [-0.15, -0.1) is 11.8 Å². The molecule has 3 amide bonds. The number of oxazole rings is 1. The molecule has 2 aromatic heterocycles.